The Kier molecular flexibility index (Phi) is 2.41. The van der Waals surface area contributed by atoms with Crippen LogP contribution in [0.2, 0.25) is 0 Å². The van der Waals surface area contributed by atoms with Gasteiger partial charge >= 0.3 is 5.97 Å². The number of aryl methyl sites for hydroxylation is 1. The van der Waals surface area contributed by atoms with Crippen molar-refractivity contribution in [3.8, 4) is 0 Å². The number of aromatic nitrogens is 2. The highest BCUT2D eigenvalue weighted by molar-refractivity contribution is 6.04. The molecular weight excluding hydrogens is 210 g/mol. The van der Waals surface area contributed by atoms with Crippen LogP contribution in [-0.2, 0) is 23.2 Å². The van der Waals surface area contributed by atoms with E-state index in [-0.39, 0.29) is 0 Å². The highest BCUT2D eigenvalue weighted by Crippen LogP contribution is 2.46. The molecule has 16 heavy (non-hydrogen) atoms. The van der Waals surface area contributed by atoms with Crippen molar-refractivity contribution < 1.29 is 14.7 Å². The lowest BCUT2D eigenvalue weighted by molar-refractivity contribution is -0.149. The van der Waals surface area contributed by atoms with Crippen LogP contribution in [0.3, 0.4) is 0 Å². The standard InChI is InChI=1S/C10H13N3O3/c1-13-6-7(5-12-13)4-11-8(14)10(2-3-10)9(15)16/h5-6H,2-4H2,1H3,(H,11,14)(H,15,16). The lowest BCUT2D eigenvalue weighted by atomic mass is 10.1. The van der Waals surface area contributed by atoms with Crippen LogP contribution in [-0.4, -0.2) is 26.8 Å². The lowest BCUT2D eigenvalue weighted by Gasteiger charge is -2.09. The zero-order valence-electron chi connectivity index (χ0n) is 8.93. The van der Waals surface area contributed by atoms with Crippen LogP contribution in [0.4, 0.5) is 0 Å². The first-order valence-corrected chi connectivity index (χ1v) is 5.04. The van der Waals surface area contributed by atoms with Gasteiger partial charge in [-0.3, -0.25) is 14.3 Å². The van der Waals surface area contributed by atoms with Crippen LogP contribution in [0, 0.1) is 5.41 Å². The maximum absolute atomic E-state index is 11.6. The Bertz CT molecular complexity index is 434. The minimum atomic E-state index is -1.16. The average molecular weight is 223 g/mol. The number of carboxylic acid groups (broad SMARTS) is 1. The minimum Gasteiger partial charge on any atom is -0.480 e. The van der Waals surface area contributed by atoms with Crippen molar-refractivity contribution >= 4 is 11.9 Å². The molecule has 0 radical (unpaired) electrons. The Hall–Kier alpha value is -1.85. The van der Waals surface area contributed by atoms with Crippen LogP contribution in [0.15, 0.2) is 12.4 Å². The molecule has 1 heterocycles. The molecule has 1 aromatic heterocycles. The number of amides is 1. The number of aliphatic carboxylic acids is 1. The molecule has 6 heteroatoms. The fourth-order valence-electron chi connectivity index (χ4n) is 1.58. The third-order valence-corrected chi connectivity index (χ3v) is 2.81. The summed E-state index contributed by atoms with van der Waals surface area (Å²) in [6.07, 6.45) is 4.28. The van der Waals surface area contributed by atoms with Crippen LogP contribution < -0.4 is 5.32 Å². The van der Waals surface area contributed by atoms with E-state index >= 15 is 0 Å². The zero-order chi connectivity index (χ0) is 11.8. The van der Waals surface area contributed by atoms with Crippen molar-refractivity contribution in [1.29, 1.82) is 0 Å². The Morgan fingerprint density at radius 1 is 1.62 bits per heavy atom. The molecule has 0 unspecified atom stereocenters. The van der Waals surface area contributed by atoms with Crippen molar-refractivity contribution in [2.75, 3.05) is 0 Å². The second kappa shape index (κ2) is 3.62. The molecule has 2 N–H and O–H groups in total. The molecule has 6 nitrogen and oxygen atoms in total. The highest BCUT2D eigenvalue weighted by Gasteiger charge is 2.56. The van der Waals surface area contributed by atoms with Gasteiger partial charge in [0.1, 0.15) is 5.41 Å². The molecule has 1 fully saturated rings. The third kappa shape index (κ3) is 1.78. The van der Waals surface area contributed by atoms with E-state index in [0.29, 0.717) is 19.4 Å². The monoisotopic (exact) mass is 223 g/mol. The molecule has 1 saturated carbocycles. The predicted molar refractivity (Wildman–Crippen MR) is 54.4 cm³/mol. The van der Waals surface area contributed by atoms with E-state index in [2.05, 4.69) is 10.4 Å². The molecule has 0 aliphatic heterocycles. The number of rotatable bonds is 4. The first-order valence-electron chi connectivity index (χ1n) is 5.04. The van der Waals surface area contributed by atoms with Gasteiger partial charge in [-0.15, -0.1) is 0 Å². The minimum absolute atomic E-state index is 0.321. The fraction of sp³-hybridized carbons (Fsp3) is 0.500. The van der Waals surface area contributed by atoms with Gasteiger partial charge in [-0.1, -0.05) is 0 Å². The van der Waals surface area contributed by atoms with E-state index in [4.69, 9.17) is 5.11 Å². The number of nitrogens with zero attached hydrogens (tertiary/aromatic N) is 2. The highest BCUT2D eigenvalue weighted by atomic mass is 16.4. The van der Waals surface area contributed by atoms with Gasteiger partial charge in [-0.25, -0.2) is 0 Å². The fourth-order valence-corrected chi connectivity index (χ4v) is 1.58. The Morgan fingerprint density at radius 2 is 2.31 bits per heavy atom. The molecule has 1 amide bonds. The second-order valence-corrected chi connectivity index (χ2v) is 4.09. The molecule has 0 saturated heterocycles. The quantitative estimate of drug-likeness (QED) is 0.698. The molecule has 86 valence electrons. The molecule has 1 aromatic rings. The Morgan fingerprint density at radius 3 is 2.75 bits per heavy atom. The summed E-state index contributed by atoms with van der Waals surface area (Å²) < 4.78 is 1.63. The van der Waals surface area contributed by atoms with E-state index in [1.54, 1.807) is 24.1 Å². The number of carbonyl (C=O) groups excluding carboxylic acids is 1. The zero-order valence-corrected chi connectivity index (χ0v) is 8.93. The van der Waals surface area contributed by atoms with Gasteiger partial charge in [0.2, 0.25) is 5.91 Å². The average Bonchev–Trinajstić information content (AvgIpc) is 2.95. The summed E-state index contributed by atoms with van der Waals surface area (Å²) in [6.45, 7) is 0.321. The SMILES string of the molecule is Cn1cc(CNC(=O)C2(C(=O)O)CC2)cn1. The maximum atomic E-state index is 11.6. The molecule has 0 bridgehead atoms. The molecule has 1 aliphatic rings. The van der Waals surface area contributed by atoms with Gasteiger partial charge in [0.15, 0.2) is 0 Å². The van der Waals surface area contributed by atoms with Crippen molar-refractivity contribution in [3.63, 3.8) is 0 Å². The van der Waals surface area contributed by atoms with E-state index in [1.807, 2.05) is 0 Å². The number of hydrogen-bond donors (Lipinski definition) is 2. The van der Waals surface area contributed by atoms with E-state index in [9.17, 15) is 9.59 Å². The van der Waals surface area contributed by atoms with E-state index < -0.39 is 17.3 Å². The van der Waals surface area contributed by atoms with Crippen LogP contribution >= 0.6 is 0 Å². The summed E-state index contributed by atoms with van der Waals surface area (Å²) in [5.41, 5.74) is -0.306. The number of carboxylic acids is 1. The molecule has 0 atom stereocenters. The second-order valence-electron chi connectivity index (χ2n) is 4.09. The van der Waals surface area contributed by atoms with E-state index in [1.165, 1.54) is 0 Å². The maximum Gasteiger partial charge on any atom is 0.319 e. The number of nitrogens with one attached hydrogen (secondary N) is 1. The first-order chi connectivity index (χ1) is 7.54. The van der Waals surface area contributed by atoms with Gasteiger partial charge in [-0.05, 0) is 12.8 Å². The van der Waals surface area contributed by atoms with Crippen molar-refractivity contribution in [2.45, 2.75) is 19.4 Å². The van der Waals surface area contributed by atoms with Crippen LogP contribution in [0.1, 0.15) is 18.4 Å². The summed E-state index contributed by atoms with van der Waals surface area (Å²) in [7, 11) is 1.78. The van der Waals surface area contributed by atoms with Gasteiger partial charge in [0.05, 0.1) is 6.20 Å². The molecule has 1 aliphatic carbocycles. The van der Waals surface area contributed by atoms with Crippen molar-refractivity contribution in [2.24, 2.45) is 12.5 Å². The summed E-state index contributed by atoms with van der Waals surface area (Å²) in [6, 6.07) is 0. The largest absolute Gasteiger partial charge is 0.480 e. The van der Waals surface area contributed by atoms with Crippen LogP contribution in [0.25, 0.3) is 0 Å². The first kappa shape index (κ1) is 10.7. The lowest BCUT2D eigenvalue weighted by Crippen LogP contribution is -2.36. The molecule has 2 rings (SSSR count). The van der Waals surface area contributed by atoms with E-state index in [0.717, 1.165) is 5.56 Å². The van der Waals surface area contributed by atoms with Gasteiger partial charge < -0.3 is 10.4 Å². The smallest absolute Gasteiger partial charge is 0.319 e. The molecule has 0 aromatic carbocycles. The van der Waals surface area contributed by atoms with Gasteiger partial charge in [-0.2, -0.15) is 5.10 Å². The van der Waals surface area contributed by atoms with Gasteiger partial charge in [0, 0.05) is 25.4 Å². The Balaban J connectivity index is 1.92. The number of hydrogen-bond acceptors (Lipinski definition) is 3. The van der Waals surface area contributed by atoms with Crippen molar-refractivity contribution in [3.05, 3.63) is 18.0 Å². The molecular formula is C10H13N3O3. The summed E-state index contributed by atoms with van der Waals surface area (Å²) in [5, 5.41) is 15.5. The van der Waals surface area contributed by atoms with Crippen LogP contribution in [0.5, 0.6) is 0 Å². The molecule has 0 spiro atoms. The van der Waals surface area contributed by atoms with Crippen molar-refractivity contribution in [1.82, 2.24) is 15.1 Å². The number of carbonyl (C=O) groups is 2. The topological polar surface area (TPSA) is 84.2 Å². The summed E-state index contributed by atoms with van der Waals surface area (Å²) in [5.74, 6) is -1.43. The van der Waals surface area contributed by atoms with Gasteiger partial charge in [0.25, 0.3) is 0 Å². The summed E-state index contributed by atoms with van der Waals surface area (Å²) >= 11 is 0. The predicted octanol–water partition coefficient (Wildman–Crippen LogP) is -0.0989. The Labute approximate surface area is 92.3 Å². The normalized spacial score (nSPS) is 16.8. The third-order valence-electron chi connectivity index (χ3n) is 2.81. The summed E-state index contributed by atoms with van der Waals surface area (Å²) in [4.78, 5) is 22.5.